The van der Waals surface area contributed by atoms with E-state index in [-0.39, 0.29) is 11.9 Å². The zero-order valence-corrected chi connectivity index (χ0v) is 11.0. The van der Waals surface area contributed by atoms with Crippen LogP contribution in [0.1, 0.15) is 28.3 Å². The predicted molar refractivity (Wildman–Crippen MR) is 71.7 cm³/mol. The van der Waals surface area contributed by atoms with Crippen LogP contribution in [0.25, 0.3) is 0 Å². The first-order valence-corrected chi connectivity index (χ1v) is 6.49. The molecule has 0 spiro atoms. The molecule has 0 fully saturated rings. The van der Waals surface area contributed by atoms with Gasteiger partial charge in [0, 0.05) is 22.0 Å². The number of carbonyl (C=O) groups is 1. The Morgan fingerprint density at radius 2 is 2.35 bits per heavy atom. The number of carbonyl (C=O) groups excluding carboxylic acids is 1. The lowest BCUT2D eigenvalue weighted by Crippen LogP contribution is -2.26. The number of hydrogen-bond donors (Lipinski definition) is 2. The summed E-state index contributed by atoms with van der Waals surface area (Å²) in [5, 5.41) is 5.70. The largest absolute Gasteiger partial charge is 0.343 e. The molecule has 0 radical (unpaired) electrons. The maximum absolute atomic E-state index is 11.9. The normalized spacial score (nSPS) is 12.1. The van der Waals surface area contributed by atoms with E-state index >= 15 is 0 Å². The minimum absolute atomic E-state index is 0.0777. The molecule has 0 saturated heterocycles. The van der Waals surface area contributed by atoms with Crippen LogP contribution < -0.4 is 5.32 Å². The molecule has 17 heavy (non-hydrogen) atoms. The maximum atomic E-state index is 11.9. The number of nitrogens with zero attached hydrogens (tertiary/aromatic N) is 1. The Kier molecular flexibility index (Phi) is 3.81. The van der Waals surface area contributed by atoms with Gasteiger partial charge in [-0.25, -0.2) is 4.98 Å². The number of hydrogen-bond acceptors (Lipinski definition) is 4. The molecular weight excluding hydrogens is 252 g/mol. The molecule has 0 bridgehead atoms. The molecule has 0 aliphatic heterocycles. The Hall–Kier alpha value is -1.33. The quantitative estimate of drug-likeness (QED) is 0.837. The minimum Gasteiger partial charge on any atom is -0.343 e. The first-order chi connectivity index (χ1) is 8.16. The molecule has 1 aromatic heterocycles. The fourth-order valence-electron chi connectivity index (χ4n) is 1.44. The van der Waals surface area contributed by atoms with Crippen LogP contribution in [-0.4, -0.2) is 10.9 Å². The Bertz CT molecular complexity index is 511. The predicted octanol–water partition coefficient (Wildman–Crippen LogP) is 2.92. The van der Waals surface area contributed by atoms with E-state index in [1.807, 2.05) is 24.4 Å². The van der Waals surface area contributed by atoms with E-state index in [1.165, 1.54) is 11.3 Å². The van der Waals surface area contributed by atoms with Crippen molar-refractivity contribution in [2.45, 2.75) is 17.9 Å². The second-order valence-electron chi connectivity index (χ2n) is 3.62. The molecule has 1 amide bonds. The van der Waals surface area contributed by atoms with Gasteiger partial charge in [-0.3, -0.25) is 4.79 Å². The van der Waals surface area contributed by atoms with Crippen molar-refractivity contribution in [3.8, 4) is 0 Å². The van der Waals surface area contributed by atoms with Crippen LogP contribution in [0.3, 0.4) is 0 Å². The van der Waals surface area contributed by atoms with E-state index in [0.717, 1.165) is 9.90 Å². The van der Waals surface area contributed by atoms with Gasteiger partial charge in [-0.05, 0) is 25.1 Å². The van der Waals surface area contributed by atoms with E-state index in [0.29, 0.717) is 5.56 Å². The molecule has 2 aromatic rings. The maximum Gasteiger partial charge on any atom is 0.251 e. The highest BCUT2D eigenvalue weighted by molar-refractivity contribution is 7.80. The zero-order chi connectivity index (χ0) is 12.3. The van der Waals surface area contributed by atoms with Crippen LogP contribution in [0.4, 0.5) is 0 Å². The van der Waals surface area contributed by atoms with E-state index in [9.17, 15) is 4.79 Å². The summed E-state index contributed by atoms with van der Waals surface area (Å²) in [6.07, 6.45) is 1.73. The Morgan fingerprint density at radius 1 is 1.53 bits per heavy atom. The third-order valence-corrected chi connectivity index (χ3v) is 3.51. The van der Waals surface area contributed by atoms with Crippen molar-refractivity contribution >= 4 is 29.9 Å². The lowest BCUT2D eigenvalue weighted by molar-refractivity contribution is 0.0939. The number of benzene rings is 1. The van der Waals surface area contributed by atoms with Gasteiger partial charge in [0.15, 0.2) is 0 Å². The molecule has 0 saturated carbocycles. The van der Waals surface area contributed by atoms with Crippen molar-refractivity contribution in [3.05, 3.63) is 46.4 Å². The first-order valence-electron chi connectivity index (χ1n) is 5.16. The van der Waals surface area contributed by atoms with E-state index in [4.69, 9.17) is 0 Å². The molecule has 88 valence electrons. The van der Waals surface area contributed by atoms with Gasteiger partial charge in [0.2, 0.25) is 0 Å². The molecule has 1 heterocycles. The van der Waals surface area contributed by atoms with Crippen molar-refractivity contribution < 1.29 is 4.79 Å². The van der Waals surface area contributed by atoms with Crippen LogP contribution in [0.2, 0.25) is 0 Å². The topological polar surface area (TPSA) is 42.0 Å². The highest BCUT2D eigenvalue weighted by Gasteiger charge is 2.12. The third kappa shape index (κ3) is 3.08. The van der Waals surface area contributed by atoms with Crippen LogP contribution in [-0.2, 0) is 0 Å². The van der Waals surface area contributed by atoms with Crippen LogP contribution in [0, 0.1) is 0 Å². The molecule has 0 aliphatic carbocycles. The smallest absolute Gasteiger partial charge is 0.251 e. The lowest BCUT2D eigenvalue weighted by Gasteiger charge is -2.11. The summed E-state index contributed by atoms with van der Waals surface area (Å²) in [6.45, 7) is 1.92. The minimum atomic E-state index is -0.108. The van der Waals surface area contributed by atoms with Crippen molar-refractivity contribution in [1.29, 1.82) is 0 Å². The SMILES string of the molecule is CC(NC(=O)c1cccc(S)c1)c1nccs1. The molecule has 1 unspecified atom stereocenters. The molecule has 1 N–H and O–H groups in total. The Labute approximate surface area is 109 Å². The summed E-state index contributed by atoms with van der Waals surface area (Å²) in [4.78, 5) is 16.9. The third-order valence-electron chi connectivity index (χ3n) is 2.28. The first kappa shape index (κ1) is 12.1. The zero-order valence-electron chi connectivity index (χ0n) is 9.25. The fraction of sp³-hybridized carbons (Fsp3) is 0.167. The summed E-state index contributed by atoms with van der Waals surface area (Å²) >= 11 is 5.74. The molecule has 0 aliphatic rings. The number of rotatable bonds is 3. The number of thiazole rings is 1. The van der Waals surface area contributed by atoms with Gasteiger partial charge >= 0.3 is 0 Å². The van der Waals surface area contributed by atoms with Gasteiger partial charge < -0.3 is 5.32 Å². The second kappa shape index (κ2) is 5.33. The molecule has 3 nitrogen and oxygen atoms in total. The molecule has 5 heteroatoms. The average molecular weight is 264 g/mol. The van der Waals surface area contributed by atoms with Gasteiger partial charge in [0.1, 0.15) is 5.01 Å². The summed E-state index contributed by atoms with van der Waals surface area (Å²) < 4.78 is 0. The molecule has 1 aromatic carbocycles. The van der Waals surface area contributed by atoms with Crippen molar-refractivity contribution in [2.24, 2.45) is 0 Å². The highest BCUT2D eigenvalue weighted by atomic mass is 32.1. The number of amides is 1. The second-order valence-corrected chi connectivity index (χ2v) is 5.06. The van der Waals surface area contributed by atoms with Gasteiger partial charge in [-0.15, -0.1) is 24.0 Å². The van der Waals surface area contributed by atoms with Gasteiger partial charge in [0.25, 0.3) is 5.91 Å². The summed E-state index contributed by atoms with van der Waals surface area (Å²) in [5.41, 5.74) is 0.612. The fourth-order valence-corrected chi connectivity index (χ4v) is 2.31. The number of aromatic nitrogens is 1. The van der Waals surface area contributed by atoms with Crippen molar-refractivity contribution in [2.75, 3.05) is 0 Å². The van der Waals surface area contributed by atoms with E-state index in [1.54, 1.807) is 18.3 Å². The molecule has 1 atom stereocenters. The van der Waals surface area contributed by atoms with Gasteiger partial charge in [-0.1, -0.05) is 6.07 Å². The summed E-state index contributed by atoms with van der Waals surface area (Å²) in [6, 6.07) is 7.08. The van der Waals surface area contributed by atoms with Crippen LogP contribution >= 0.6 is 24.0 Å². The average Bonchev–Trinajstić information content (AvgIpc) is 2.82. The monoisotopic (exact) mass is 264 g/mol. The van der Waals surface area contributed by atoms with Crippen molar-refractivity contribution in [1.82, 2.24) is 10.3 Å². The van der Waals surface area contributed by atoms with Crippen LogP contribution in [0.5, 0.6) is 0 Å². The van der Waals surface area contributed by atoms with Gasteiger partial charge in [-0.2, -0.15) is 0 Å². The Balaban J connectivity index is 2.07. The van der Waals surface area contributed by atoms with Crippen molar-refractivity contribution in [3.63, 3.8) is 0 Å². The summed E-state index contributed by atoms with van der Waals surface area (Å²) in [7, 11) is 0. The Morgan fingerprint density at radius 3 is 3.00 bits per heavy atom. The molecular formula is C12H12N2OS2. The highest BCUT2D eigenvalue weighted by Crippen LogP contribution is 2.16. The number of nitrogens with one attached hydrogen (secondary N) is 1. The van der Waals surface area contributed by atoms with Crippen LogP contribution in [0.15, 0.2) is 40.7 Å². The standard InChI is InChI=1S/C12H12N2OS2/c1-8(12-13-5-6-17-12)14-11(15)9-3-2-4-10(16)7-9/h2-8,16H,1H3,(H,14,15). The summed E-state index contributed by atoms with van der Waals surface area (Å²) in [5.74, 6) is -0.108. The van der Waals surface area contributed by atoms with E-state index in [2.05, 4.69) is 22.9 Å². The number of thiol groups is 1. The van der Waals surface area contributed by atoms with E-state index < -0.39 is 0 Å². The molecule has 2 rings (SSSR count). The lowest BCUT2D eigenvalue weighted by atomic mass is 10.2. The van der Waals surface area contributed by atoms with Gasteiger partial charge in [0.05, 0.1) is 6.04 Å².